The van der Waals surface area contributed by atoms with E-state index in [-0.39, 0.29) is 0 Å². The Labute approximate surface area is 161 Å². The summed E-state index contributed by atoms with van der Waals surface area (Å²) in [5, 5.41) is 26.1. The lowest BCUT2D eigenvalue weighted by Crippen LogP contribution is -2.02. The van der Waals surface area contributed by atoms with Gasteiger partial charge in [-0.05, 0) is 44.0 Å². The first-order chi connectivity index (χ1) is 13.5. The zero-order valence-electron chi connectivity index (χ0n) is 16.2. The van der Waals surface area contributed by atoms with Crippen molar-refractivity contribution in [1.82, 2.24) is 39.8 Å². The molecule has 2 unspecified atom stereocenters. The van der Waals surface area contributed by atoms with Gasteiger partial charge < -0.3 is 4.74 Å². The van der Waals surface area contributed by atoms with Crippen LogP contribution in [0.4, 0.5) is 0 Å². The molecule has 1 aliphatic rings. The maximum Gasteiger partial charge on any atom is 0.233 e. The summed E-state index contributed by atoms with van der Waals surface area (Å²) in [5.41, 5.74) is 5.68. The van der Waals surface area contributed by atoms with Gasteiger partial charge in [0.05, 0.1) is 24.2 Å². The average molecular weight is 376 g/mol. The van der Waals surface area contributed by atoms with Gasteiger partial charge in [-0.3, -0.25) is 4.68 Å². The van der Waals surface area contributed by atoms with Gasteiger partial charge in [0, 0.05) is 24.9 Å². The van der Waals surface area contributed by atoms with E-state index in [0.717, 1.165) is 46.2 Å². The number of ether oxygens (including phenoxy) is 1. The molecule has 2 atom stereocenters. The topological polar surface area (TPSA) is 95.9 Å². The molecule has 0 amide bonds. The van der Waals surface area contributed by atoms with E-state index in [2.05, 4.69) is 26.5 Å². The minimum atomic E-state index is 0.346. The van der Waals surface area contributed by atoms with Gasteiger partial charge in [0.1, 0.15) is 5.69 Å². The van der Waals surface area contributed by atoms with E-state index < -0.39 is 0 Å². The minimum Gasteiger partial charge on any atom is -0.480 e. The Hall–Kier alpha value is -3.36. The van der Waals surface area contributed by atoms with Crippen molar-refractivity contribution in [2.45, 2.75) is 32.1 Å². The van der Waals surface area contributed by atoms with E-state index in [1.807, 2.05) is 43.8 Å². The largest absolute Gasteiger partial charge is 0.480 e. The summed E-state index contributed by atoms with van der Waals surface area (Å²) in [5.74, 6) is 1.99. The minimum absolute atomic E-state index is 0.346. The van der Waals surface area contributed by atoms with E-state index in [1.165, 1.54) is 0 Å². The molecule has 142 valence electrons. The Bertz CT molecular complexity index is 1180. The van der Waals surface area contributed by atoms with Crippen molar-refractivity contribution in [2.75, 3.05) is 7.11 Å². The number of hydrogen-bond donors (Lipinski definition) is 0. The van der Waals surface area contributed by atoms with Crippen molar-refractivity contribution in [3.8, 4) is 17.3 Å². The molecule has 4 aromatic heterocycles. The first kappa shape index (κ1) is 16.8. The standard InChI is InChI=1S/C19H20N8O/c1-10-7-16(25-27-11(2)20-23-19(10)27)17-9-15(24-26(17)3)13-8-12(13)14-5-6-18(28-4)22-21-14/h5-7,9,12-13H,8H2,1-4H3. The Kier molecular flexibility index (Phi) is 3.65. The highest BCUT2D eigenvalue weighted by Crippen LogP contribution is 2.53. The molecule has 0 spiro atoms. The molecular weight excluding hydrogens is 356 g/mol. The monoisotopic (exact) mass is 376 g/mol. The second-order valence-corrected chi connectivity index (χ2v) is 7.22. The maximum absolute atomic E-state index is 5.08. The van der Waals surface area contributed by atoms with E-state index >= 15 is 0 Å². The number of aromatic nitrogens is 8. The van der Waals surface area contributed by atoms with Crippen LogP contribution in [0.5, 0.6) is 5.88 Å². The van der Waals surface area contributed by atoms with Gasteiger partial charge >= 0.3 is 0 Å². The van der Waals surface area contributed by atoms with Crippen LogP contribution in [0.3, 0.4) is 0 Å². The number of aryl methyl sites for hydroxylation is 3. The van der Waals surface area contributed by atoms with Crippen LogP contribution in [0.25, 0.3) is 17.0 Å². The molecule has 5 rings (SSSR count). The lowest BCUT2D eigenvalue weighted by molar-refractivity contribution is 0.391. The summed E-state index contributed by atoms with van der Waals surface area (Å²) >= 11 is 0. The second kappa shape index (κ2) is 6.08. The van der Waals surface area contributed by atoms with E-state index in [1.54, 1.807) is 11.6 Å². The van der Waals surface area contributed by atoms with Gasteiger partial charge in [0.2, 0.25) is 5.88 Å². The zero-order chi connectivity index (χ0) is 19.4. The van der Waals surface area contributed by atoms with Crippen molar-refractivity contribution in [3.63, 3.8) is 0 Å². The Morgan fingerprint density at radius 1 is 0.964 bits per heavy atom. The van der Waals surface area contributed by atoms with Crippen LogP contribution < -0.4 is 4.74 Å². The summed E-state index contributed by atoms with van der Waals surface area (Å²) in [4.78, 5) is 0. The summed E-state index contributed by atoms with van der Waals surface area (Å²) in [7, 11) is 3.54. The van der Waals surface area contributed by atoms with Crippen LogP contribution in [0.2, 0.25) is 0 Å². The molecule has 1 fully saturated rings. The molecule has 9 heteroatoms. The predicted molar refractivity (Wildman–Crippen MR) is 101 cm³/mol. The van der Waals surface area contributed by atoms with Crippen LogP contribution >= 0.6 is 0 Å². The molecular formula is C19H20N8O. The lowest BCUT2D eigenvalue weighted by Gasteiger charge is -2.04. The number of hydrogen-bond acceptors (Lipinski definition) is 7. The number of fused-ring (bicyclic) bond motifs is 1. The SMILES string of the molecule is COc1ccc(C2CC2c2cc(-c3cc(C)c4nnc(C)n4n3)n(C)n2)nn1. The quantitative estimate of drug-likeness (QED) is 0.539. The average Bonchev–Trinajstić information content (AvgIpc) is 3.28. The third-order valence-electron chi connectivity index (χ3n) is 5.29. The summed E-state index contributed by atoms with van der Waals surface area (Å²) in [6.45, 7) is 3.92. The molecule has 9 nitrogen and oxygen atoms in total. The molecule has 1 aliphatic carbocycles. The highest BCUT2D eigenvalue weighted by Gasteiger charge is 2.43. The van der Waals surface area contributed by atoms with Crippen molar-refractivity contribution in [3.05, 3.63) is 47.0 Å². The lowest BCUT2D eigenvalue weighted by atomic mass is 10.1. The number of rotatable bonds is 4. The third kappa shape index (κ3) is 2.62. The smallest absolute Gasteiger partial charge is 0.233 e. The van der Waals surface area contributed by atoms with Crippen molar-refractivity contribution >= 4 is 5.65 Å². The Balaban J connectivity index is 1.46. The summed E-state index contributed by atoms with van der Waals surface area (Å²) in [6.07, 6.45) is 1.02. The molecule has 4 heterocycles. The fourth-order valence-electron chi connectivity index (χ4n) is 3.65. The van der Waals surface area contributed by atoms with E-state index in [0.29, 0.717) is 17.7 Å². The molecule has 0 N–H and O–H groups in total. The Morgan fingerprint density at radius 3 is 2.54 bits per heavy atom. The normalized spacial score (nSPS) is 18.6. The first-order valence-electron chi connectivity index (χ1n) is 9.16. The highest BCUT2D eigenvalue weighted by molar-refractivity contribution is 5.60. The molecule has 0 radical (unpaired) electrons. The predicted octanol–water partition coefficient (Wildman–Crippen LogP) is 2.21. The molecule has 4 aromatic rings. The third-order valence-corrected chi connectivity index (χ3v) is 5.29. The van der Waals surface area contributed by atoms with Crippen LogP contribution in [-0.2, 0) is 7.05 Å². The number of methoxy groups -OCH3 is 1. The van der Waals surface area contributed by atoms with Crippen molar-refractivity contribution < 1.29 is 4.74 Å². The Morgan fingerprint density at radius 2 is 1.79 bits per heavy atom. The zero-order valence-corrected chi connectivity index (χ0v) is 16.2. The molecule has 28 heavy (non-hydrogen) atoms. The van der Waals surface area contributed by atoms with Gasteiger partial charge in [-0.1, -0.05) is 0 Å². The fourth-order valence-corrected chi connectivity index (χ4v) is 3.65. The molecule has 0 aliphatic heterocycles. The summed E-state index contributed by atoms with van der Waals surface area (Å²) in [6, 6.07) is 7.98. The van der Waals surface area contributed by atoms with Crippen LogP contribution in [0, 0.1) is 13.8 Å². The van der Waals surface area contributed by atoms with Crippen molar-refractivity contribution in [2.24, 2.45) is 7.05 Å². The summed E-state index contributed by atoms with van der Waals surface area (Å²) < 4.78 is 8.75. The molecule has 0 aromatic carbocycles. The van der Waals surface area contributed by atoms with E-state index in [9.17, 15) is 0 Å². The van der Waals surface area contributed by atoms with Crippen molar-refractivity contribution in [1.29, 1.82) is 0 Å². The van der Waals surface area contributed by atoms with Crippen LogP contribution in [0.15, 0.2) is 24.3 Å². The fraction of sp³-hybridized carbons (Fsp3) is 0.368. The highest BCUT2D eigenvalue weighted by atomic mass is 16.5. The molecule has 0 bridgehead atoms. The number of nitrogens with zero attached hydrogens (tertiary/aromatic N) is 8. The molecule has 1 saturated carbocycles. The van der Waals surface area contributed by atoms with Gasteiger partial charge in [-0.2, -0.15) is 19.8 Å². The van der Waals surface area contributed by atoms with Gasteiger partial charge in [-0.15, -0.1) is 15.3 Å². The van der Waals surface area contributed by atoms with E-state index in [4.69, 9.17) is 14.9 Å². The van der Waals surface area contributed by atoms with Gasteiger partial charge in [0.25, 0.3) is 0 Å². The second-order valence-electron chi connectivity index (χ2n) is 7.22. The first-order valence-corrected chi connectivity index (χ1v) is 9.16. The molecule has 0 saturated heterocycles. The van der Waals surface area contributed by atoms with Gasteiger partial charge in [-0.25, -0.2) is 0 Å². The van der Waals surface area contributed by atoms with Gasteiger partial charge in [0.15, 0.2) is 11.5 Å². The maximum atomic E-state index is 5.08. The van der Waals surface area contributed by atoms with Crippen LogP contribution in [0.1, 0.15) is 41.0 Å². The van der Waals surface area contributed by atoms with Crippen LogP contribution in [-0.4, -0.2) is 46.9 Å².